The molecular weight excluding hydrogens is 260 g/mol. The smallest absolute Gasteiger partial charge is 0.329 e. The number of aromatic nitrogens is 2. The second-order valence-corrected chi connectivity index (χ2v) is 5.24. The molecule has 2 rings (SSSR count). The Balaban J connectivity index is 2.05. The fourth-order valence-corrected chi connectivity index (χ4v) is 2.63. The van der Waals surface area contributed by atoms with Crippen molar-refractivity contribution < 1.29 is 14.7 Å². The molecule has 1 aromatic rings. The van der Waals surface area contributed by atoms with Gasteiger partial charge in [-0.2, -0.15) is 0 Å². The maximum absolute atomic E-state index is 11.9. The minimum atomic E-state index is -1.20. The van der Waals surface area contributed by atoms with Crippen molar-refractivity contribution in [3.05, 3.63) is 18.5 Å². The molecule has 7 heteroatoms. The molecule has 0 aromatic carbocycles. The Labute approximate surface area is 116 Å². The highest BCUT2D eigenvalue weighted by Gasteiger charge is 2.43. The van der Waals surface area contributed by atoms with E-state index in [0.29, 0.717) is 12.8 Å². The van der Waals surface area contributed by atoms with Crippen molar-refractivity contribution in [1.82, 2.24) is 15.3 Å². The molecule has 0 aliphatic heterocycles. The quantitative estimate of drug-likeness (QED) is 0.779. The molecule has 2 atom stereocenters. The largest absolute Gasteiger partial charge is 0.480 e. The first-order chi connectivity index (χ1) is 9.52. The van der Waals surface area contributed by atoms with Crippen LogP contribution in [0.15, 0.2) is 18.5 Å². The van der Waals surface area contributed by atoms with E-state index in [4.69, 9.17) is 0 Å². The second-order valence-electron chi connectivity index (χ2n) is 5.24. The third-order valence-electron chi connectivity index (χ3n) is 3.55. The lowest BCUT2D eigenvalue weighted by Crippen LogP contribution is -2.57. The molecule has 0 saturated heterocycles. The molecule has 1 saturated carbocycles. The monoisotopic (exact) mass is 278 g/mol. The van der Waals surface area contributed by atoms with E-state index in [0.717, 1.165) is 12.8 Å². The highest BCUT2D eigenvalue weighted by molar-refractivity contribution is 5.92. The fraction of sp³-hybridized carbons (Fsp3) is 0.538. The molecule has 1 fully saturated rings. The van der Waals surface area contributed by atoms with E-state index < -0.39 is 17.5 Å². The van der Waals surface area contributed by atoms with Crippen LogP contribution in [0.1, 0.15) is 32.6 Å². The van der Waals surface area contributed by atoms with Gasteiger partial charge in [0.1, 0.15) is 5.54 Å². The van der Waals surface area contributed by atoms with Crippen LogP contribution in [0.25, 0.3) is 0 Å². The average Bonchev–Trinajstić information content (AvgIpc) is 2.39. The lowest BCUT2D eigenvalue weighted by atomic mass is 9.76. The first kappa shape index (κ1) is 14.2. The molecular formula is C13H18N4O3. The summed E-state index contributed by atoms with van der Waals surface area (Å²) in [5.41, 5.74) is -1.20. The van der Waals surface area contributed by atoms with Gasteiger partial charge in [-0.05, 0) is 24.8 Å². The summed E-state index contributed by atoms with van der Waals surface area (Å²) in [5, 5.41) is 14.5. The number of carbonyl (C=O) groups is 2. The third kappa shape index (κ3) is 3.23. The first-order valence-corrected chi connectivity index (χ1v) is 6.61. The number of carbonyl (C=O) groups excluding carboxylic acids is 1. The number of amides is 2. The number of carboxylic acids is 1. The Morgan fingerprint density at radius 3 is 2.70 bits per heavy atom. The molecule has 1 aromatic heterocycles. The van der Waals surface area contributed by atoms with E-state index in [2.05, 4.69) is 20.6 Å². The minimum Gasteiger partial charge on any atom is -0.480 e. The summed E-state index contributed by atoms with van der Waals surface area (Å²) >= 11 is 0. The first-order valence-electron chi connectivity index (χ1n) is 6.61. The van der Waals surface area contributed by atoms with Crippen molar-refractivity contribution in [2.75, 3.05) is 5.32 Å². The molecule has 0 radical (unpaired) electrons. The van der Waals surface area contributed by atoms with E-state index in [1.807, 2.05) is 6.92 Å². The van der Waals surface area contributed by atoms with E-state index in [9.17, 15) is 14.7 Å². The number of hydrogen-bond acceptors (Lipinski definition) is 4. The predicted octanol–water partition coefficient (Wildman–Crippen LogP) is 1.63. The minimum absolute atomic E-state index is 0.148. The van der Waals surface area contributed by atoms with Crippen molar-refractivity contribution in [2.45, 2.75) is 38.1 Å². The van der Waals surface area contributed by atoms with Gasteiger partial charge in [-0.1, -0.05) is 19.8 Å². The van der Waals surface area contributed by atoms with Gasteiger partial charge < -0.3 is 10.4 Å². The Hall–Kier alpha value is -2.18. The third-order valence-corrected chi connectivity index (χ3v) is 3.55. The van der Waals surface area contributed by atoms with E-state index in [1.165, 1.54) is 12.4 Å². The van der Waals surface area contributed by atoms with Gasteiger partial charge in [0, 0.05) is 12.4 Å². The second kappa shape index (κ2) is 5.85. The van der Waals surface area contributed by atoms with Crippen LogP contribution < -0.4 is 10.6 Å². The summed E-state index contributed by atoms with van der Waals surface area (Å²) in [4.78, 5) is 31.2. The van der Waals surface area contributed by atoms with Gasteiger partial charge in [0.2, 0.25) is 5.95 Å². The molecule has 2 amide bonds. The van der Waals surface area contributed by atoms with E-state index >= 15 is 0 Å². The Morgan fingerprint density at radius 1 is 1.40 bits per heavy atom. The number of anilines is 1. The lowest BCUT2D eigenvalue weighted by molar-refractivity contribution is -0.146. The molecule has 1 aliphatic carbocycles. The van der Waals surface area contributed by atoms with Crippen LogP contribution in [0.3, 0.4) is 0 Å². The maximum atomic E-state index is 11.9. The zero-order valence-corrected chi connectivity index (χ0v) is 11.3. The van der Waals surface area contributed by atoms with Crippen molar-refractivity contribution in [3.8, 4) is 0 Å². The molecule has 0 spiro atoms. The van der Waals surface area contributed by atoms with Crippen LogP contribution in [0.5, 0.6) is 0 Å². The zero-order chi connectivity index (χ0) is 14.6. The van der Waals surface area contributed by atoms with E-state index in [1.54, 1.807) is 6.07 Å². The van der Waals surface area contributed by atoms with Gasteiger partial charge in [0.25, 0.3) is 0 Å². The summed E-state index contributed by atoms with van der Waals surface area (Å²) in [6.07, 6.45) is 5.65. The number of nitrogens with zero attached hydrogens (tertiary/aromatic N) is 2. The summed E-state index contributed by atoms with van der Waals surface area (Å²) in [6.45, 7) is 2.00. The molecule has 2 unspecified atom stereocenters. The van der Waals surface area contributed by atoms with Crippen LogP contribution in [0.4, 0.5) is 10.7 Å². The molecule has 20 heavy (non-hydrogen) atoms. The van der Waals surface area contributed by atoms with Crippen molar-refractivity contribution in [2.24, 2.45) is 5.92 Å². The zero-order valence-electron chi connectivity index (χ0n) is 11.3. The molecule has 108 valence electrons. The highest BCUT2D eigenvalue weighted by atomic mass is 16.4. The summed E-state index contributed by atoms with van der Waals surface area (Å²) < 4.78 is 0. The highest BCUT2D eigenvalue weighted by Crippen LogP contribution is 2.32. The van der Waals surface area contributed by atoms with Crippen LogP contribution in [-0.2, 0) is 4.79 Å². The Bertz CT molecular complexity index is 494. The molecule has 0 bridgehead atoms. The van der Waals surface area contributed by atoms with Crippen LogP contribution >= 0.6 is 0 Å². The fourth-order valence-electron chi connectivity index (χ4n) is 2.63. The SMILES string of the molecule is CC1CCCC(NC(=O)Nc2ncccn2)(C(=O)O)C1. The number of aliphatic carboxylic acids is 1. The van der Waals surface area contributed by atoms with Gasteiger partial charge in [-0.15, -0.1) is 0 Å². The number of nitrogens with one attached hydrogen (secondary N) is 2. The number of carboxylic acid groups (broad SMARTS) is 1. The number of hydrogen-bond donors (Lipinski definition) is 3. The van der Waals surface area contributed by atoms with Crippen LogP contribution in [0.2, 0.25) is 0 Å². The summed E-state index contributed by atoms with van der Waals surface area (Å²) in [6, 6.07) is 1.04. The van der Waals surface area contributed by atoms with Crippen molar-refractivity contribution >= 4 is 17.9 Å². The van der Waals surface area contributed by atoms with E-state index in [-0.39, 0.29) is 11.9 Å². The maximum Gasteiger partial charge on any atom is 0.329 e. The van der Waals surface area contributed by atoms with Crippen molar-refractivity contribution in [1.29, 1.82) is 0 Å². The van der Waals surface area contributed by atoms with Crippen LogP contribution in [-0.4, -0.2) is 32.6 Å². The molecule has 7 nitrogen and oxygen atoms in total. The van der Waals surface area contributed by atoms with Gasteiger partial charge >= 0.3 is 12.0 Å². The number of rotatable bonds is 3. The van der Waals surface area contributed by atoms with Crippen molar-refractivity contribution in [3.63, 3.8) is 0 Å². The molecule has 1 heterocycles. The lowest BCUT2D eigenvalue weighted by Gasteiger charge is -2.36. The summed E-state index contributed by atoms with van der Waals surface area (Å²) in [5.74, 6) is -0.573. The average molecular weight is 278 g/mol. The van der Waals surface area contributed by atoms with Gasteiger partial charge in [0.05, 0.1) is 0 Å². The standard InChI is InChI=1S/C13H18N4O3/c1-9-4-2-5-13(8-9,10(18)19)17-12(20)16-11-14-6-3-7-15-11/h3,6-7,9H,2,4-5,8H2,1H3,(H,18,19)(H2,14,15,16,17,20). The van der Waals surface area contributed by atoms with Crippen LogP contribution in [0, 0.1) is 5.92 Å². The predicted molar refractivity (Wildman–Crippen MR) is 72.2 cm³/mol. The van der Waals surface area contributed by atoms with Gasteiger partial charge in [-0.25, -0.2) is 19.6 Å². The van der Waals surface area contributed by atoms with Gasteiger partial charge in [0.15, 0.2) is 0 Å². The summed E-state index contributed by atoms with van der Waals surface area (Å²) in [7, 11) is 0. The molecule has 3 N–H and O–H groups in total. The van der Waals surface area contributed by atoms with Gasteiger partial charge in [-0.3, -0.25) is 5.32 Å². The normalized spacial score (nSPS) is 25.8. The molecule has 1 aliphatic rings. The number of urea groups is 1. The topological polar surface area (TPSA) is 104 Å². The Kier molecular flexibility index (Phi) is 4.16. The Morgan fingerprint density at radius 2 is 2.10 bits per heavy atom.